The Bertz CT molecular complexity index is 930. The zero-order valence-electron chi connectivity index (χ0n) is 12.1. The third kappa shape index (κ3) is 2.54. The minimum Gasteiger partial charge on any atom is -0.304 e. The highest BCUT2D eigenvalue weighted by Crippen LogP contribution is 2.27. The number of carbonyl (C=O) groups excluding carboxylic acids is 1. The Morgan fingerprint density at radius 3 is 2.26 bits per heavy atom. The first kappa shape index (κ1) is 15.1. The number of pyridine rings is 1. The minimum absolute atomic E-state index is 0.169. The van der Waals surface area contributed by atoms with Crippen LogP contribution in [-0.2, 0) is 6.54 Å². The minimum atomic E-state index is -0.745. The van der Waals surface area contributed by atoms with Crippen LogP contribution in [-0.4, -0.2) is 17.5 Å². The van der Waals surface area contributed by atoms with Crippen molar-refractivity contribution in [3.8, 4) is 11.3 Å². The maximum Gasteiger partial charge on any atom is 0.259 e. The van der Waals surface area contributed by atoms with Crippen molar-refractivity contribution in [1.29, 1.82) is 0 Å². The normalized spacial score (nSPS) is 10.9. The lowest BCUT2D eigenvalue weighted by atomic mass is 9.99. The second-order valence-corrected chi connectivity index (χ2v) is 5.08. The monoisotopic (exact) mass is 313 g/mol. The van der Waals surface area contributed by atoms with Crippen molar-refractivity contribution in [2.24, 2.45) is 0 Å². The lowest BCUT2D eigenvalue weighted by molar-refractivity contribution is 0.112. The van der Waals surface area contributed by atoms with E-state index in [1.165, 1.54) is 28.8 Å². The molecule has 0 aliphatic rings. The molecular weight excluding hydrogens is 300 g/mol. The van der Waals surface area contributed by atoms with Gasteiger partial charge in [0.25, 0.3) is 5.56 Å². The molecule has 3 rings (SSSR count). The van der Waals surface area contributed by atoms with Crippen LogP contribution >= 0.6 is 0 Å². The average molecular weight is 313 g/mol. The molecule has 0 N–H and O–H groups in total. The van der Waals surface area contributed by atoms with Gasteiger partial charge in [-0.2, -0.15) is 0 Å². The van der Waals surface area contributed by atoms with Gasteiger partial charge in [-0.3, -0.25) is 9.59 Å². The fourth-order valence-electron chi connectivity index (χ4n) is 2.76. The Morgan fingerprint density at radius 2 is 1.65 bits per heavy atom. The van der Waals surface area contributed by atoms with Crippen molar-refractivity contribution in [2.45, 2.75) is 6.54 Å². The number of carbonyl (C=O) groups is 1. The molecule has 1 heterocycles. The van der Waals surface area contributed by atoms with Gasteiger partial charge in [0.2, 0.25) is 0 Å². The van der Waals surface area contributed by atoms with Gasteiger partial charge in [-0.05, 0) is 41.3 Å². The summed E-state index contributed by atoms with van der Waals surface area (Å²) in [5.74, 6) is -0.429. The molecular formula is C18H13F2NO2. The van der Waals surface area contributed by atoms with Crippen LogP contribution in [0.4, 0.5) is 8.78 Å². The van der Waals surface area contributed by atoms with Crippen LogP contribution in [0.5, 0.6) is 0 Å². The molecule has 0 unspecified atom stereocenters. The standard InChI is InChI=1S/C18H13F2NO2/c19-9-10-21-17(12-5-7-13(20)8-6-12)16(11-22)14-3-1-2-4-15(14)18(21)23/h1-8,11H,9-10H2. The van der Waals surface area contributed by atoms with E-state index in [2.05, 4.69) is 0 Å². The maximum atomic E-state index is 13.2. The van der Waals surface area contributed by atoms with Crippen molar-refractivity contribution in [3.05, 3.63) is 70.3 Å². The van der Waals surface area contributed by atoms with Gasteiger partial charge in [0.05, 0.1) is 12.2 Å². The number of alkyl halides is 1. The van der Waals surface area contributed by atoms with Gasteiger partial charge < -0.3 is 4.57 Å². The summed E-state index contributed by atoms with van der Waals surface area (Å²) in [6.07, 6.45) is 0.648. The Morgan fingerprint density at radius 1 is 1.00 bits per heavy atom. The van der Waals surface area contributed by atoms with Crippen LogP contribution < -0.4 is 5.56 Å². The second kappa shape index (κ2) is 6.12. The number of hydrogen-bond donors (Lipinski definition) is 0. The first-order chi connectivity index (χ1) is 11.2. The summed E-state index contributed by atoms with van der Waals surface area (Å²) in [4.78, 5) is 24.3. The molecule has 0 atom stereocenters. The molecule has 0 fully saturated rings. The van der Waals surface area contributed by atoms with Crippen LogP contribution in [0.1, 0.15) is 10.4 Å². The van der Waals surface area contributed by atoms with Gasteiger partial charge in [0.15, 0.2) is 6.29 Å². The largest absolute Gasteiger partial charge is 0.304 e. The summed E-state index contributed by atoms with van der Waals surface area (Å²) in [6, 6.07) is 12.1. The SMILES string of the molecule is O=Cc1c(-c2ccc(F)cc2)n(CCF)c(=O)c2ccccc12. The summed E-state index contributed by atoms with van der Waals surface area (Å²) in [5.41, 5.74) is 0.717. The van der Waals surface area contributed by atoms with E-state index in [4.69, 9.17) is 0 Å². The predicted molar refractivity (Wildman–Crippen MR) is 85.0 cm³/mol. The highest BCUT2D eigenvalue weighted by molar-refractivity contribution is 6.03. The zero-order valence-corrected chi connectivity index (χ0v) is 12.1. The van der Waals surface area contributed by atoms with Crippen molar-refractivity contribution in [1.82, 2.24) is 4.57 Å². The fourth-order valence-corrected chi connectivity index (χ4v) is 2.76. The smallest absolute Gasteiger partial charge is 0.259 e. The fraction of sp³-hybridized carbons (Fsp3) is 0.111. The first-order valence-corrected chi connectivity index (χ1v) is 7.10. The van der Waals surface area contributed by atoms with E-state index in [1.807, 2.05) is 0 Å². The molecule has 0 radical (unpaired) electrons. The summed E-state index contributed by atoms with van der Waals surface area (Å²) in [6.45, 7) is -0.915. The Kier molecular flexibility index (Phi) is 4.02. The van der Waals surface area contributed by atoms with Crippen LogP contribution in [0.15, 0.2) is 53.3 Å². The summed E-state index contributed by atoms with van der Waals surface area (Å²) in [5, 5.41) is 0.857. The van der Waals surface area contributed by atoms with Crippen LogP contribution in [0.2, 0.25) is 0 Å². The Hall–Kier alpha value is -2.82. The molecule has 0 saturated heterocycles. The van der Waals surface area contributed by atoms with Gasteiger partial charge in [0, 0.05) is 10.9 Å². The molecule has 5 heteroatoms. The summed E-state index contributed by atoms with van der Waals surface area (Å²) in [7, 11) is 0. The van der Waals surface area contributed by atoms with E-state index in [-0.39, 0.29) is 12.1 Å². The quantitative estimate of drug-likeness (QED) is 0.691. The molecule has 0 spiro atoms. The summed E-state index contributed by atoms with van der Waals surface area (Å²) < 4.78 is 27.3. The highest BCUT2D eigenvalue weighted by atomic mass is 19.1. The number of aromatic nitrogens is 1. The molecule has 3 aromatic rings. The number of fused-ring (bicyclic) bond motifs is 1. The number of nitrogens with zero attached hydrogens (tertiary/aromatic N) is 1. The number of aldehydes is 1. The van der Waals surface area contributed by atoms with E-state index in [0.29, 0.717) is 33.9 Å². The third-order valence-corrected chi connectivity index (χ3v) is 3.76. The molecule has 0 aliphatic heterocycles. The van der Waals surface area contributed by atoms with E-state index in [1.54, 1.807) is 24.3 Å². The molecule has 0 saturated carbocycles. The molecule has 2 aromatic carbocycles. The van der Waals surface area contributed by atoms with Crippen molar-refractivity contribution < 1.29 is 13.6 Å². The first-order valence-electron chi connectivity index (χ1n) is 7.10. The molecule has 3 nitrogen and oxygen atoms in total. The number of rotatable bonds is 4. The van der Waals surface area contributed by atoms with Gasteiger partial charge >= 0.3 is 0 Å². The average Bonchev–Trinajstić information content (AvgIpc) is 2.58. The van der Waals surface area contributed by atoms with E-state index >= 15 is 0 Å². The molecule has 23 heavy (non-hydrogen) atoms. The van der Waals surface area contributed by atoms with Crippen molar-refractivity contribution in [2.75, 3.05) is 6.67 Å². The van der Waals surface area contributed by atoms with Gasteiger partial charge in [0.1, 0.15) is 12.5 Å². The summed E-state index contributed by atoms with van der Waals surface area (Å²) >= 11 is 0. The molecule has 0 bridgehead atoms. The molecule has 116 valence electrons. The zero-order chi connectivity index (χ0) is 16.4. The van der Waals surface area contributed by atoms with E-state index in [0.717, 1.165) is 0 Å². The van der Waals surface area contributed by atoms with Gasteiger partial charge in [-0.1, -0.05) is 18.2 Å². The second-order valence-electron chi connectivity index (χ2n) is 5.08. The van der Waals surface area contributed by atoms with Crippen molar-refractivity contribution >= 4 is 17.1 Å². The number of halogens is 2. The molecule has 0 amide bonds. The number of hydrogen-bond acceptors (Lipinski definition) is 2. The molecule has 1 aromatic heterocycles. The highest BCUT2D eigenvalue weighted by Gasteiger charge is 2.17. The maximum absolute atomic E-state index is 13.2. The lowest BCUT2D eigenvalue weighted by Crippen LogP contribution is -2.24. The predicted octanol–water partition coefficient (Wildman–Crippen LogP) is 3.59. The Balaban J connectivity index is 2.46. The number of benzene rings is 2. The van der Waals surface area contributed by atoms with E-state index in [9.17, 15) is 18.4 Å². The van der Waals surface area contributed by atoms with Crippen LogP contribution in [0.25, 0.3) is 22.0 Å². The topological polar surface area (TPSA) is 39.1 Å². The van der Waals surface area contributed by atoms with Crippen LogP contribution in [0.3, 0.4) is 0 Å². The van der Waals surface area contributed by atoms with E-state index < -0.39 is 12.5 Å². The molecule has 0 aliphatic carbocycles. The van der Waals surface area contributed by atoms with Gasteiger partial charge in [-0.25, -0.2) is 8.78 Å². The third-order valence-electron chi connectivity index (χ3n) is 3.76. The lowest BCUT2D eigenvalue weighted by Gasteiger charge is -2.16. The van der Waals surface area contributed by atoms with Crippen molar-refractivity contribution in [3.63, 3.8) is 0 Å². The van der Waals surface area contributed by atoms with Gasteiger partial charge in [-0.15, -0.1) is 0 Å². The van der Waals surface area contributed by atoms with Crippen LogP contribution in [0, 0.1) is 5.82 Å². The Labute approximate surface area is 130 Å².